The molecule has 272 valence electrons. The Morgan fingerprint density at radius 2 is 2.06 bits per heavy atom. The number of nitrogens with one attached hydrogen (secondary N) is 1. The second-order valence-electron chi connectivity index (χ2n) is 14.5. The maximum atomic E-state index is 14.3. The van der Waals surface area contributed by atoms with E-state index in [2.05, 4.69) is 43.4 Å². The number of aromatic nitrogens is 2. The Bertz CT molecular complexity index is 1940. The molecule has 2 aliphatic carbocycles. The van der Waals surface area contributed by atoms with Gasteiger partial charge < -0.3 is 14.4 Å². The third kappa shape index (κ3) is 7.62. The summed E-state index contributed by atoms with van der Waals surface area (Å²) < 4.78 is 35.7. The molecule has 1 saturated carbocycles. The number of hydrogen-bond donors (Lipinski definition) is 1. The standard InChI is InChI=1S/C39H48ClN5O5S/c1-3-45-31(18-20-41-45)13-17-37(46)42-51(48)21-6-4-5-9-35(49-2)32-14-10-29(32)24-44-25-39(19-7-8-27-22-30(40)12-15-33(27)39)26-50-36-16-11-28(23-34(36)44)38(47)43-51/h5,9,11-12,15-16,18,20,22-23,29,32,35H,3-4,6-8,10,13-14,17,19,21,24-26H2,1-2H3,(H,42,43,46,47,48)/b9-5-/t29-,32+,35-,39-,51?/m0/s1. The number of benzene rings is 2. The lowest BCUT2D eigenvalue weighted by Gasteiger charge is -2.46. The Hall–Kier alpha value is -3.67. The summed E-state index contributed by atoms with van der Waals surface area (Å²) in [5.74, 6) is 0.488. The molecule has 1 aromatic heterocycles. The first-order chi connectivity index (χ1) is 24.7. The van der Waals surface area contributed by atoms with Crippen molar-refractivity contribution in [1.82, 2.24) is 14.5 Å². The molecular formula is C39H48ClN5O5S. The fourth-order valence-electron chi connectivity index (χ4n) is 8.44. The van der Waals surface area contributed by atoms with Crippen LogP contribution in [0, 0.1) is 11.8 Å². The van der Waals surface area contributed by atoms with E-state index in [1.54, 1.807) is 19.4 Å². The number of fused-ring (bicyclic) bond motifs is 4. The van der Waals surface area contributed by atoms with E-state index in [0.717, 1.165) is 61.6 Å². The van der Waals surface area contributed by atoms with Crippen molar-refractivity contribution in [2.75, 3.05) is 37.5 Å². The summed E-state index contributed by atoms with van der Waals surface area (Å²) in [6.45, 7) is 4.71. The first kappa shape index (κ1) is 35.7. The van der Waals surface area contributed by atoms with Crippen molar-refractivity contribution in [3.05, 3.63) is 88.2 Å². The average Bonchev–Trinajstić information content (AvgIpc) is 3.51. The number of aryl methyl sites for hydroxylation is 3. The summed E-state index contributed by atoms with van der Waals surface area (Å²) in [6, 6.07) is 13.5. The number of halogens is 1. The van der Waals surface area contributed by atoms with E-state index in [1.165, 1.54) is 11.1 Å². The zero-order valence-corrected chi connectivity index (χ0v) is 31.1. The van der Waals surface area contributed by atoms with E-state index in [9.17, 15) is 13.8 Å². The highest BCUT2D eigenvalue weighted by Gasteiger charge is 2.44. The van der Waals surface area contributed by atoms with Gasteiger partial charge in [0.1, 0.15) is 15.7 Å². The average molecular weight is 734 g/mol. The lowest BCUT2D eigenvalue weighted by molar-refractivity contribution is -0.119. The van der Waals surface area contributed by atoms with Gasteiger partial charge in [-0.05, 0) is 118 Å². The van der Waals surface area contributed by atoms with Crippen molar-refractivity contribution in [1.29, 1.82) is 0 Å². The van der Waals surface area contributed by atoms with Crippen LogP contribution in [0.4, 0.5) is 5.69 Å². The molecule has 51 heavy (non-hydrogen) atoms. The van der Waals surface area contributed by atoms with Crippen LogP contribution in [0.3, 0.4) is 0 Å². The Morgan fingerprint density at radius 3 is 2.86 bits per heavy atom. The number of methoxy groups -OCH3 is 1. The smallest absolute Gasteiger partial charge is 0.286 e. The van der Waals surface area contributed by atoms with Crippen molar-refractivity contribution in [3.63, 3.8) is 0 Å². The second-order valence-corrected chi connectivity index (χ2v) is 17.0. The molecule has 2 aliphatic heterocycles. The summed E-state index contributed by atoms with van der Waals surface area (Å²) in [5.41, 5.74) is 4.36. The fraction of sp³-hybridized carbons (Fsp3) is 0.513. The van der Waals surface area contributed by atoms with Gasteiger partial charge in [-0.15, -0.1) is 4.36 Å². The monoisotopic (exact) mass is 733 g/mol. The number of allylic oxidation sites excluding steroid dienone is 1. The Morgan fingerprint density at radius 1 is 1.18 bits per heavy atom. The minimum atomic E-state index is -3.42. The predicted octanol–water partition coefficient (Wildman–Crippen LogP) is 6.69. The molecule has 2 bridgehead atoms. The Balaban J connectivity index is 1.23. The van der Waals surface area contributed by atoms with Crippen LogP contribution in [0.25, 0.3) is 0 Å². The highest BCUT2D eigenvalue weighted by molar-refractivity contribution is 7.92. The maximum absolute atomic E-state index is 14.3. The minimum absolute atomic E-state index is 0.0379. The molecule has 0 saturated heterocycles. The molecule has 1 fully saturated rings. The normalized spacial score (nSPS) is 28.3. The zero-order chi connectivity index (χ0) is 35.6. The van der Waals surface area contributed by atoms with E-state index >= 15 is 0 Å². The molecule has 1 N–H and O–H groups in total. The maximum Gasteiger partial charge on any atom is 0.286 e. The van der Waals surface area contributed by atoms with Crippen molar-refractivity contribution in [3.8, 4) is 5.75 Å². The number of anilines is 1. The summed E-state index contributed by atoms with van der Waals surface area (Å²) in [6.07, 6.45) is 12.7. The Kier molecular flexibility index (Phi) is 10.6. The summed E-state index contributed by atoms with van der Waals surface area (Å²) in [5, 5.41) is 5.02. The largest absolute Gasteiger partial charge is 0.490 e. The van der Waals surface area contributed by atoms with Crippen LogP contribution in [-0.4, -0.2) is 64.5 Å². The quantitative estimate of drug-likeness (QED) is 0.281. The number of ether oxygens (including phenoxy) is 2. The molecule has 5 atom stereocenters. The summed E-state index contributed by atoms with van der Waals surface area (Å²) >= 11 is 6.45. The molecule has 0 radical (unpaired) electrons. The van der Waals surface area contributed by atoms with Gasteiger partial charge in [0.15, 0.2) is 0 Å². The molecule has 3 heterocycles. The van der Waals surface area contributed by atoms with Crippen LogP contribution in [0.1, 0.15) is 79.0 Å². The van der Waals surface area contributed by atoms with Crippen molar-refractivity contribution < 1.29 is 23.3 Å². The molecule has 3 aromatic rings. The van der Waals surface area contributed by atoms with Crippen molar-refractivity contribution in [2.24, 2.45) is 16.2 Å². The van der Waals surface area contributed by atoms with Crippen molar-refractivity contribution >= 4 is 39.0 Å². The lowest BCUT2D eigenvalue weighted by atomic mass is 9.68. The van der Waals surface area contributed by atoms with Gasteiger partial charge >= 0.3 is 0 Å². The zero-order valence-electron chi connectivity index (χ0n) is 29.5. The highest BCUT2D eigenvalue weighted by atomic mass is 35.5. The number of amides is 2. The summed E-state index contributed by atoms with van der Waals surface area (Å²) in [4.78, 5) is 29.5. The highest BCUT2D eigenvalue weighted by Crippen LogP contribution is 2.47. The van der Waals surface area contributed by atoms with Crippen LogP contribution >= 0.6 is 11.6 Å². The third-order valence-corrected chi connectivity index (χ3v) is 13.3. The minimum Gasteiger partial charge on any atom is -0.490 e. The number of rotatable bonds is 6. The van der Waals surface area contributed by atoms with Gasteiger partial charge in [0.05, 0.1) is 24.2 Å². The SMILES string of the molecule is CCn1nccc1CCC(=O)NS1(=O)=NC(=O)c2ccc3c(c2)N(C[C@@H]2CC[C@H]2[C@@H](OC)/C=C\CCC1)C[C@@]1(CCCc2cc(Cl)ccc21)CO3. The number of hydrogen-bond acceptors (Lipinski definition) is 7. The van der Waals surface area contributed by atoms with E-state index in [0.29, 0.717) is 55.6 Å². The second kappa shape index (κ2) is 15.1. The van der Waals surface area contributed by atoms with Crippen molar-refractivity contribution in [2.45, 2.75) is 82.8 Å². The first-order valence-corrected chi connectivity index (χ1v) is 20.4. The van der Waals surface area contributed by atoms with E-state index in [1.807, 2.05) is 35.9 Å². The number of carbonyl (C=O) groups is 2. The van der Waals surface area contributed by atoms with E-state index in [-0.39, 0.29) is 23.7 Å². The molecular weight excluding hydrogens is 686 g/mol. The van der Waals surface area contributed by atoms with Gasteiger partial charge in [-0.3, -0.25) is 19.0 Å². The first-order valence-electron chi connectivity index (χ1n) is 18.3. The van der Waals surface area contributed by atoms with Crippen LogP contribution in [0.15, 0.2) is 65.2 Å². The molecule has 12 heteroatoms. The molecule has 7 rings (SSSR count). The Labute approximate surface area is 306 Å². The van der Waals surface area contributed by atoms with Gasteiger partial charge in [0.2, 0.25) is 5.91 Å². The summed E-state index contributed by atoms with van der Waals surface area (Å²) in [7, 11) is -1.65. The predicted molar refractivity (Wildman–Crippen MR) is 200 cm³/mol. The van der Waals surface area contributed by atoms with Gasteiger partial charge in [-0.2, -0.15) is 5.10 Å². The van der Waals surface area contributed by atoms with Gasteiger partial charge in [-0.1, -0.05) is 29.8 Å². The van der Waals surface area contributed by atoms with E-state index < -0.39 is 21.7 Å². The molecule has 2 amide bonds. The molecule has 1 spiro atoms. The van der Waals surface area contributed by atoms with E-state index in [4.69, 9.17) is 21.1 Å². The lowest BCUT2D eigenvalue weighted by Crippen LogP contribution is -2.49. The molecule has 1 unspecified atom stereocenters. The number of nitrogens with zero attached hydrogens (tertiary/aromatic N) is 4. The number of carbonyl (C=O) groups excluding carboxylic acids is 2. The third-order valence-electron chi connectivity index (χ3n) is 11.2. The van der Waals surface area contributed by atoms with Crippen LogP contribution in [0.5, 0.6) is 5.75 Å². The van der Waals surface area contributed by atoms with Crippen LogP contribution in [-0.2, 0) is 44.2 Å². The van der Waals surface area contributed by atoms with Crippen LogP contribution < -0.4 is 14.4 Å². The topological polar surface area (TPSA) is 115 Å². The molecule has 4 aliphatic rings. The van der Waals surface area contributed by atoms with Gasteiger partial charge in [0, 0.05) is 61.1 Å². The van der Waals surface area contributed by atoms with Gasteiger partial charge in [0.25, 0.3) is 5.91 Å². The fourth-order valence-corrected chi connectivity index (χ4v) is 10.3. The van der Waals surface area contributed by atoms with Gasteiger partial charge in [-0.25, -0.2) is 4.21 Å². The molecule has 2 aromatic carbocycles. The molecule has 10 nitrogen and oxygen atoms in total. The van der Waals surface area contributed by atoms with Crippen LogP contribution in [0.2, 0.25) is 5.02 Å².